The van der Waals surface area contributed by atoms with Crippen molar-refractivity contribution in [3.63, 3.8) is 0 Å². The van der Waals surface area contributed by atoms with Gasteiger partial charge in [0.05, 0.1) is 16.1 Å². The van der Waals surface area contributed by atoms with E-state index >= 15 is 0 Å². The van der Waals surface area contributed by atoms with E-state index in [0.717, 1.165) is 12.0 Å². The molecule has 0 fully saturated rings. The van der Waals surface area contributed by atoms with E-state index in [1.807, 2.05) is 18.2 Å². The van der Waals surface area contributed by atoms with E-state index in [0.29, 0.717) is 27.4 Å². The van der Waals surface area contributed by atoms with E-state index in [1.165, 1.54) is 18.2 Å². The number of fused-ring (bicyclic) bond motifs is 1. The van der Waals surface area contributed by atoms with E-state index in [4.69, 9.17) is 39.8 Å². The van der Waals surface area contributed by atoms with Crippen molar-refractivity contribution < 1.29 is 14.3 Å². The largest absolute Gasteiger partial charge is 0.507 e. The number of thiocarbonyl (C=S) groups is 1. The Morgan fingerprint density at radius 3 is 2.69 bits per heavy atom. The van der Waals surface area contributed by atoms with Crippen LogP contribution in [0.2, 0.25) is 10.0 Å². The maximum atomic E-state index is 12.4. The Balaban J connectivity index is 1.53. The number of halogens is 2. The number of nitrogens with one attached hydrogen (secondary N) is 2. The number of aromatic nitrogens is 1. The number of hydrogen-bond donors (Lipinski definition) is 3. The maximum absolute atomic E-state index is 12.4. The van der Waals surface area contributed by atoms with Crippen LogP contribution in [0.15, 0.2) is 59.0 Å². The van der Waals surface area contributed by atoms with Crippen molar-refractivity contribution in [3.05, 3.63) is 75.8 Å². The predicted octanol–water partition coefficient (Wildman–Crippen LogP) is 6.20. The summed E-state index contributed by atoms with van der Waals surface area (Å²) in [6.07, 6.45) is 0.882. The average molecular weight is 486 g/mol. The zero-order valence-corrected chi connectivity index (χ0v) is 19.1. The van der Waals surface area contributed by atoms with Crippen LogP contribution >= 0.6 is 35.4 Å². The Bertz CT molecular complexity index is 1350. The summed E-state index contributed by atoms with van der Waals surface area (Å²) in [5, 5.41) is 16.5. The van der Waals surface area contributed by atoms with Gasteiger partial charge >= 0.3 is 0 Å². The Morgan fingerprint density at radius 2 is 1.94 bits per heavy atom. The number of hydrogen-bond acceptors (Lipinski definition) is 5. The zero-order valence-electron chi connectivity index (χ0n) is 16.8. The predicted molar refractivity (Wildman–Crippen MR) is 131 cm³/mol. The lowest BCUT2D eigenvalue weighted by Crippen LogP contribution is -2.34. The van der Waals surface area contributed by atoms with Crippen LogP contribution in [-0.4, -0.2) is 21.1 Å². The number of benzene rings is 3. The molecule has 0 aliphatic rings. The van der Waals surface area contributed by atoms with Gasteiger partial charge in [-0.1, -0.05) is 36.2 Å². The molecule has 4 aromatic rings. The maximum Gasteiger partial charge on any atom is 0.258 e. The van der Waals surface area contributed by atoms with E-state index in [-0.39, 0.29) is 27.3 Å². The van der Waals surface area contributed by atoms with Crippen molar-refractivity contribution in [1.29, 1.82) is 0 Å². The van der Waals surface area contributed by atoms with Crippen LogP contribution in [0.4, 0.5) is 5.69 Å². The van der Waals surface area contributed by atoms with E-state index in [2.05, 4.69) is 22.5 Å². The van der Waals surface area contributed by atoms with Gasteiger partial charge in [-0.25, -0.2) is 4.98 Å². The normalized spacial score (nSPS) is 10.8. The monoisotopic (exact) mass is 485 g/mol. The molecule has 0 radical (unpaired) electrons. The number of carbonyl (C=O) groups is 1. The average Bonchev–Trinajstić information content (AvgIpc) is 3.17. The van der Waals surface area contributed by atoms with Gasteiger partial charge in [-0.15, -0.1) is 0 Å². The number of nitrogens with zero attached hydrogens (tertiary/aromatic N) is 1. The molecule has 0 unspecified atom stereocenters. The summed E-state index contributed by atoms with van der Waals surface area (Å²) in [7, 11) is 0. The van der Waals surface area contributed by atoms with E-state index < -0.39 is 5.91 Å². The molecule has 1 heterocycles. The lowest BCUT2D eigenvalue weighted by molar-refractivity contribution is 0.0978. The second-order valence-electron chi connectivity index (χ2n) is 6.94. The Morgan fingerprint density at radius 1 is 1.12 bits per heavy atom. The summed E-state index contributed by atoms with van der Waals surface area (Å²) in [5.41, 5.74) is 3.63. The highest BCUT2D eigenvalue weighted by Crippen LogP contribution is 2.33. The molecule has 6 nitrogen and oxygen atoms in total. The topological polar surface area (TPSA) is 87.4 Å². The fraction of sp³-hybridized carbons (Fsp3) is 0.0870. The number of rotatable bonds is 4. The summed E-state index contributed by atoms with van der Waals surface area (Å²) < 4.78 is 5.81. The molecule has 1 amide bonds. The van der Waals surface area contributed by atoms with Crippen molar-refractivity contribution in [3.8, 4) is 17.2 Å². The van der Waals surface area contributed by atoms with Gasteiger partial charge in [0.25, 0.3) is 5.91 Å². The smallest absolute Gasteiger partial charge is 0.258 e. The number of oxazole rings is 1. The molecule has 0 aliphatic heterocycles. The van der Waals surface area contributed by atoms with Crippen LogP contribution in [0.25, 0.3) is 22.6 Å². The second-order valence-corrected chi connectivity index (χ2v) is 8.19. The summed E-state index contributed by atoms with van der Waals surface area (Å²) in [6.45, 7) is 2.06. The fourth-order valence-corrected chi connectivity index (χ4v) is 3.80. The highest BCUT2D eigenvalue weighted by atomic mass is 35.5. The molecule has 0 spiro atoms. The first-order chi connectivity index (χ1) is 15.3. The number of carbonyl (C=O) groups excluding carboxylic acids is 1. The van der Waals surface area contributed by atoms with Crippen molar-refractivity contribution in [2.45, 2.75) is 13.3 Å². The minimum atomic E-state index is -0.478. The molecule has 9 heteroatoms. The molecular formula is C23H17Cl2N3O3S. The first kappa shape index (κ1) is 22.1. The van der Waals surface area contributed by atoms with Crippen molar-refractivity contribution >= 4 is 63.2 Å². The van der Waals surface area contributed by atoms with Gasteiger partial charge in [0.15, 0.2) is 10.7 Å². The molecule has 3 aromatic carbocycles. The van der Waals surface area contributed by atoms with Gasteiger partial charge in [0.2, 0.25) is 5.89 Å². The number of amides is 1. The van der Waals surface area contributed by atoms with Gasteiger partial charge in [0, 0.05) is 10.7 Å². The molecule has 32 heavy (non-hydrogen) atoms. The summed E-state index contributed by atoms with van der Waals surface area (Å²) in [6, 6.07) is 15.1. The second kappa shape index (κ2) is 9.16. The van der Waals surface area contributed by atoms with Crippen LogP contribution < -0.4 is 10.6 Å². The van der Waals surface area contributed by atoms with E-state index in [1.54, 1.807) is 18.2 Å². The van der Waals surface area contributed by atoms with E-state index in [9.17, 15) is 9.90 Å². The van der Waals surface area contributed by atoms with Gasteiger partial charge in [-0.2, -0.15) is 0 Å². The summed E-state index contributed by atoms with van der Waals surface area (Å²) in [5.74, 6) is -0.202. The number of anilines is 1. The third-order valence-electron chi connectivity index (χ3n) is 4.75. The molecule has 0 aliphatic carbocycles. The Hall–Kier alpha value is -3.13. The molecule has 3 N–H and O–H groups in total. The number of phenols is 1. The fourth-order valence-electron chi connectivity index (χ4n) is 3.10. The zero-order chi connectivity index (χ0) is 22.8. The highest BCUT2D eigenvalue weighted by Gasteiger charge is 2.16. The highest BCUT2D eigenvalue weighted by molar-refractivity contribution is 7.80. The first-order valence-corrected chi connectivity index (χ1v) is 10.8. The molecule has 0 saturated carbocycles. The minimum absolute atomic E-state index is 0.000668. The Kier molecular flexibility index (Phi) is 6.32. The van der Waals surface area contributed by atoms with Crippen molar-refractivity contribution in [2.24, 2.45) is 0 Å². The van der Waals surface area contributed by atoms with Gasteiger partial charge in [-0.05, 0) is 72.7 Å². The quantitative estimate of drug-likeness (QED) is 0.235. The first-order valence-electron chi connectivity index (χ1n) is 9.64. The summed E-state index contributed by atoms with van der Waals surface area (Å²) >= 11 is 17.2. The van der Waals surface area contributed by atoms with Crippen molar-refractivity contribution in [1.82, 2.24) is 10.3 Å². The van der Waals surface area contributed by atoms with Crippen LogP contribution in [-0.2, 0) is 6.42 Å². The van der Waals surface area contributed by atoms with Gasteiger partial charge in [0.1, 0.15) is 11.3 Å². The standard InChI is InChI=1S/C23H17Cl2N3O3S/c1-2-12-3-8-20-18(9-12)27-22(31-20)16-11-14(5-7-19(16)29)26-23(32)28-21(30)15-6-4-13(24)10-17(15)25/h3-11,29H,2H2,1H3,(H2,26,28,30,32). The van der Waals surface area contributed by atoms with Crippen molar-refractivity contribution in [2.75, 3.05) is 5.32 Å². The lowest BCUT2D eigenvalue weighted by Gasteiger charge is -2.11. The third-order valence-corrected chi connectivity index (χ3v) is 5.50. The van der Waals surface area contributed by atoms with Crippen LogP contribution in [0, 0.1) is 0 Å². The third kappa shape index (κ3) is 4.70. The minimum Gasteiger partial charge on any atom is -0.507 e. The molecule has 0 saturated heterocycles. The van der Waals surface area contributed by atoms with Crippen LogP contribution in [0.1, 0.15) is 22.8 Å². The molecule has 4 rings (SSSR count). The van der Waals surface area contributed by atoms with Gasteiger partial charge < -0.3 is 14.8 Å². The number of aryl methyl sites for hydroxylation is 1. The Labute approximate surface area is 199 Å². The SMILES string of the molecule is CCc1ccc2oc(-c3cc(NC(=S)NC(=O)c4ccc(Cl)cc4Cl)ccc3O)nc2c1. The summed E-state index contributed by atoms with van der Waals surface area (Å²) in [4.78, 5) is 16.9. The molecule has 0 atom stereocenters. The molecule has 0 bridgehead atoms. The number of phenolic OH excluding ortho intramolecular Hbond substituents is 1. The number of aromatic hydroxyl groups is 1. The van der Waals surface area contributed by atoms with Crippen LogP contribution in [0.3, 0.4) is 0 Å². The molecular weight excluding hydrogens is 469 g/mol. The lowest BCUT2D eigenvalue weighted by atomic mass is 10.1. The van der Waals surface area contributed by atoms with Gasteiger partial charge in [-0.3, -0.25) is 10.1 Å². The molecule has 1 aromatic heterocycles. The molecule has 162 valence electrons. The van der Waals surface area contributed by atoms with Crippen LogP contribution in [0.5, 0.6) is 5.75 Å².